The molecule has 0 unspecified atom stereocenters. The van der Waals surface area contributed by atoms with Gasteiger partial charge in [-0.1, -0.05) is 11.8 Å². The quantitative estimate of drug-likeness (QED) is 0.415. The Labute approximate surface area is 193 Å². The number of hydrogen-bond acceptors (Lipinski definition) is 8. The first-order valence-electron chi connectivity index (χ1n) is 10.0. The lowest BCUT2D eigenvalue weighted by Gasteiger charge is -2.11. The van der Waals surface area contributed by atoms with Gasteiger partial charge >= 0.3 is 0 Å². The molecule has 0 spiro atoms. The fourth-order valence-corrected chi connectivity index (χ4v) is 4.06. The highest BCUT2D eigenvalue weighted by Gasteiger charge is 2.18. The van der Waals surface area contributed by atoms with Gasteiger partial charge in [-0.2, -0.15) is 0 Å². The summed E-state index contributed by atoms with van der Waals surface area (Å²) in [7, 11) is 1.62. The number of methoxy groups -OCH3 is 1. The summed E-state index contributed by atoms with van der Waals surface area (Å²) in [5.41, 5.74) is 2.30. The number of pyridine rings is 1. The third-order valence-electron chi connectivity index (χ3n) is 4.87. The third-order valence-corrected chi connectivity index (χ3v) is 5.80. The van der Waals surface area contributed by atoms with E-state index in [0.717, 1.165) is 17.0 Å². The smallest absolute Gasteiger partial charge is 0.234 e. The molecular formula is C23H19N5O4S. The number of benzene rings is 2. The van der Waals surface area contributed by atoms with E-state index in [2.05, 4.69) is 20.5 Å². The van der Waals surface area contributed by atoms with Crippen LogP contribution in [0.15, 0.2) is 72.1 Å². The van der Waals surface area contributed by atoms with Crippen LogP contribution in [-0.2, 0) is 4.79 Å². The van der Waals surface area contributed by atoms with E-state index >= 15 is 0 Å². The molecule has 0 atom stereocenters. The summed E-state index contributed by atoms with van der Waals surface area (Å²) in [4.78, 5) is 16.8. The molecule has 1 N–H and O–H groups in total. The predicted octanol–water partition coefficient (Wildman–Crippen LogP) is 3.80. The Hall–Kier alpha value is -4.05. The zero-order chi connectivity index (χ0) is 22.6. The van der Waals surface area contributed by atoms with Gasteiger partial charge in [0.05, 0.1) is 12.9 Å². The van der Waals surface area contributed by atoms with Gasteiger partial charge in [-0.15, -0.1) is 10.2 Å². The number of carbonyl (C=O) groups excluding carboxylic acids is 1. The van der Waals surface area contributed by atoms with Crippen LogP contribution in [0.25, 0.3) is 17.1 Å². The summed E-state index contributed by atoms with van der Waals surface area (Å²) in [6, 6.07) is 16.6. The van der Waals surface area contributed by atoms with E-state index in [1.54, 1.807) is 37.7 Å². The number of nitrogens with zero attached hydrogens (tertiary/aromatic N) is 4. The van der Waals surface area contributed by atoms with Gasteiger partial charge in [-0.05, 0) is 48.5 Å². The number of nitrogens with one attached hydrogen (secondary N) is 1. The van der Waals surface area contributed by atoms with Gasteiger partial charge in [0.1, 0.15) is 5.75 Å². The average Bonchev–Trinajstić information content (AvgIpc) is 3.50. The molecule has 9 nitrogen and oxygen atoms in total. The molecule has 4 aromatic rings. The normalized spacial score (nSPS) is 11.9. The molecule has 0 saturated heterocycles. The highest BCUT2D eigenvalue weighted by molar-refractivity contribution is 7.99. The Bertz CT molecular complexity index is 1280. The van der Waals surface area contributed by atoms with Crippen LogP contribution in [0.2, 0.25) is 0 Å². The molecule has 0 saturated carbocycles. The van der Waals surface area contributed by atoms with Crippen molar-refractivity contribution in [2.24, 2.45) is 0 Å². The van der Waals surface area contributed by atoms with Gasteiger partial charge in [0, 0.05) is 35.4 Å². The number of hydrogen-bond donors (Lipinski definition) is 1. The lowest BCUT2D eigenvalue weighted by atomic mass is 10.2. The Balaban J connectivity index is 1.37. The van der Waals surface area contributed by atoms with Crippen LogP contribution >= 0.6 is 11.8 Å². The van der Waals surface area contributed by atoms with Crippen LogP contribution in [0, 0.1) is 0 Å². The van der Waals surface area contributed by atoms with Crippen molar-refractivity contribution in [3.05, 3.63) is 67.0 Å². The Morgan fingerprint density at radius 1 is 1.12 bits per heavy atom. The highest BCUT2D eigenvalue weighted by atomic mass is 32.2. The van der Waals surface area contributed by atoms with E-state index in [1.165, 1.54) is 11.8 Å². The van der Waals surface area contributed by atoms with Gasteiger partial charge in [0.15, 0.2) is 22.5 Å². The van der Waals surface area contributed by atoms with Crippen molar-refractivity contribution in [1.29, 1.82) is 0 Å². The zero-order valence-corrected chi connectivity index (χ0v) is 18.4. The number of amides is 1. The maximum Gasteiger partial charge on any atom is 0.234 e. The average molecular weight is 462 g/mol. The summed E-state index contributed by atoms with van der Waals surface area (Å²) >= 11 is 1.29. The van der Waals surface area contributed by atoms with Crippen LogP contribution < -0.4 is 19.5 Å². The van der Waals surface area contributed by atoms with Gasteiger partial charge in [-0.3, -0.25) is 14.3 Å². The van der Waals surface area contributed by atoms with Crippen LogP contribution in [0.3, 0.4) is 0 Å². The standard InChI is InChI=1S/C23H19N5O4S/c1-30-18-7-5-17(6-8-18)28-22(15-3-2-10-24-12-15)26-27-23(28)33-13-21(29)25-16-4-9-19-20(11-16)32-14-31-19/h2-12H,13-14H2,1H3,(H,25,29). The molecule has 0 bridgehead atoms. The molecule has 0 fully saturated rings. The van der Waals surface area contributed by atoms with E-state index in [-0.39, 0.29) is 18.5 Å². The molecule has 0 radical (unpaired) electrons. The van der Waals surface area contributed by atoms with Crippen molar-refractivity contribution in [3.63, 3.8) is 0 Å². The first kappa shape index (κ1) is 20.8. The number of carbonyl (C=O) groups is 1. The fourth-order valence-electron chi connectivity index (χ4n) is 3.31. The second kappa shape index (κ2) is 9.21. The van der Waals surface area contributed by atoms with E-state index in [1.807, 2.05) is 41.0 Å². The van der Waals surface area contributed by atoms with Gasteiger partial charge in [-0.25, -0.2) is 0 Å². The first-order chi connectivity index (χ1) is 16.2. The predicted molar refractivity (Wildman–Crippen MR) is 123 cm³/mol. The second-order valence-electron chi connectivity index (χ2n) is 6.99. The third kappa shape index (κ3) is 4.46. The largest absolute Gasteiger partial charge is 0.497 e. The van der Waals surface area contributed by atoms with Gasteiger partial charge in [0.2, 0.25) is 12.7 Å². The SMILES string of the molecule is COc1ccc(-n2c(SCC(=O)Nc3ccc4c(c3)OCO4)nnc2-c2cccnc2)cc1. The molecule has 2 aromatic carbocycles. The van der Waals surface area contributed by atoms with E-state index in [9.17, 15) is 4.79 Å². The number of ether oxygens (including phenoxy) is 3. The molecule has 33 heavy (non-hydrogen) atoms. The number of fused-ring (bicyclic) bond motifs is 1. The van der Waals surface area contributed by atoms with Crippen molar-refractivity contribution >= 4 is 23.4 Å². The molecule has 0 aliphatic carbocycles. The molecule has 5 rings (SSSR count). The maximum absolute atomic E-state index is 12.6. The van der Waals surface area contributed by atoms with Crippen molar-refractivity contribution in [2.45, 2.75) is 5.16 Å². The minimum absolute atomic E-state index is 0.149. The van der Waals surface area contributed by atoms with Crippen molar-refractivity contribution in [3.8, 4) is 34.3 Å². The minimum Gasteiger partial charge on any atom is -0.497 e. The minimum atomic E-state index is -0.175. The van der Waals surface area contributed by atoms with Crippen molar-refractivity contribution < 1.29 is 19.0 Å². The molecule has 10 heteroatoms. The van der Waals surface area contributed by atoms with Crippen LogP contribution in [0.4, 0.5) is 5.69 Å². The lowest BCUT2D eigenvalue weighted by Crippen LogP contribution is -2.14. The molecular weight excluding hydrogens is 442 g/mol. The Kier molecular flexibility index (Phi) is 5.81. The molecule has 1 aliphatic heterocycles. The van der Waals surface area contributed by atoms with Crippen molar-refractivity contribution in [1.82, 2.24) is 19.7 Å². The second-order valence-corrected chi connectivity index (χ2v) is 7.93. The summed E-state index contributed by atoms with van der Waals surface area (Å²) < 4.78 is 17.8. The van der Waals surface area contributed by atoms with E-state index in [4.69, 9.17) is 14.2 Å². The van der Waals surface area contributed by atoms with Crippen LogP contribution in [-0.4, -0.2) is 45.3 Å². The summed E-state index contributed by atoms with van der Waals surface area (Å²) in [5.74, 6) is 2.62. The Morgan fingerprint density at radius 3 is 2.76 bits per heavy atom. The summed E-state index contributed by atoms with van der Waals surface area (Å²) in [6.45, 7) is 0.183. The molecule has 1 amide bonds. The van der Waals surface area contributed by atoms with Crippen LogP contribution in [0.5, 0.6) is 17.2 Å². The summed E-state index contributed by atoms with van der Waals surface area (Å²) in [6.07, 6.45) is 3.43. The maximum atomic E-state index is 12.6. The number of thioether (sulfide) groups is 1. The fraction of sp³-hybridized carbons (Fsp3) is 0.130. The highest BCUT2D eigenvalue weighted by Crippen LogP contribution is 2.34. The first-order valence-corrected chi connectivity index (χ1v) is 11.0. The molecule has 1 aliphatic rings. The van der Waals surface area contributed by atoms with Crippen molar-refractivity contribution in [2.75, 3.05) is 25.0 Å². The molecule has 3 heterocycles. The molecule has 2 aromatic heterocycles. The van der Waals surface area contributed by atoms with E-state index in [0.29, 0.717) is 28.2 Å². The van der Waals surface area contributed by atoms with Gasteiger partial charge in [0.25, 0.3) is 0 Å². The number of anilines is 1. The molecule has 166 valence electrons. The zero-order valence-electron chi connectivity index (χ0n) is 17.6. The monoisotopic (exact) mass is 461 g/mol. The Morgan fingerprint density at radius 2 is 1.97 bits per heavy atom. The van der Waals surface area contributed by atoms with Crippen LogP contribution in [0.1, 0.15) is 0 Å². The summed E-state index contributed by atoms with van der Waals surface area (Å²) in [5, 5.41) is 12.2. The number of aromatic nitrogens is 4. The number of rotatable bonds is 7. The topological polar surface area (TPSA) is 100 Å². The lowest BCUT2D eigenvalue weighted by molar-refractivity contribution is -0.113. The van der Waals surface area contributed by atoms with E-state index < -0.39 is 0 Å². The van der Waals surface area contributed by atoms with Gasteiger partial charge < -0.3 is 19.5 Å².